The maximum absolute atomic E-state index is 12.2. The van der Waals surface area contributed by atoms with Gasteiger partial charge in [0, 0.05) is 16.4 Å². The molecule has 1 amide bonds. The van der Waals surface area contributed by atoms with Crippen LogP contribution in [0.3, 0.4) is 0 Å². The molecule has 0 saturated heterocycles. The number of aryl methyl sites for hydroxylation is 2. The van der Waals surface area contributed by atoms with Crippen LogP contribution in [0.2, 0.25) is 5.02 Å². The van der Waals surface area contributed by atoms with Crippen molar-refractivity contribution >= 4 is 34.7 Å². The van der Waals surface area contributed by atoms with Gasteiger partial charge < -0.3 is 10.6 Å². The molecule has 2 N–H and O–H groups in total. The lowest BCUT2D eigenvalue weighted by Crippen LogP contribution is -2.14. The quantitative estimate of drug-likeness (QED) is 0.711. The predicted octanol–water partition coefficient (Wildman–Crippen LogP) is 4.74. The van der Waals surface area contributed by atoms with Gasteiger partial charge in [0.25, 0.3) is 5.91 Å². The van der Waals surface area contributed by atoms with Gasteiger partial charge >= 0.3 is 0 Å². The number of nitrogens with one attached hydrogen (secondary N) is 2. The van der Waals surface area contributed by atoms with Crippen molar-refractivity contribution in [2.24, 2.45) is 0 Å². The second-order valence-corrected chi connectivity index (χ2v) is 6.13. The van der Waals surface area contributed by atoms with Crippen molar-refractivity contribution in [1.82, 2.24) is 9.97 Å². The smallest absolute Gasteiger partial charge is 0.275 e. The van der Waals surface area contributed by atoms with E-state index in [1.165, 1.54) is 12.4 Å². The van der Waals surface area contributed by atoms with Crippen LogP contribution in [0.1, 0.15) is 21.6 Å². The number of hydrogen-bond acceptors (Lipinski definition) is 4. The van der Waals surface area contributed by atoms with Gasteiger partial charge in [-0.2, -0.15) is 0 Å². The Balaban J connectivity index is 1.71. The molecular weight excluding hydrogens is 336 g/mol. The van der Waals surface area contributed by atoms with Crippen LogP contribution in [0.4, 0.5) is 17.2 Å². The van der Waals surface area contributed by atoms with Gasteiger partial charge in [0.2, 0.25) is 0 Å². The third-order valence-corrected chi connectivity index (χ3v) is 3.86. The molecule has 2 aromatic carbocycles. The van der Waals surface area contributed by atoms with Crippen LogP contribution in [0.15, 0.2) is 54.9 Å². The third-order valence-electron chi connectivity index (χ3n) is 3.62. The summed E-state index contributed by atoms with van der Waals surface area (Å²) >= 11 is 6.01. The Morgan fingerprint density at radius 2 is 1.88 bits per heavy atom. The molecule has 0 bridgehead atoms. The number of amides is 1. The van der Waals surface area contributed by atoms with E-state index in [0.717, 1.165) is 22.5 Å². The number of nitrogens with zero attached hydrogens (tertiary/aromatic N) is 2. The van der Waals surface area contributed by atoms with Crippen molar-refractivity contribution in [3.05, 3.63) is 76.7 Å². The fraction of sp³-hybridized carbons (Fsp3) is 0.105. The fourth-order valence-corrected chi connectivity index (χ4v) is 2.47. The Morgan fingerprint density at radius 3 is 2.60 bits per heavy atom. The molecule has 0 aliphatic heterocycles. The van der Waals surface area contributed by atoms with Crippen LogP contribution < -0.4 is 10.6 Å². The van der Waals surface area contributed by atoms with Crippen molar-refractivity contribution in [3.8, 4) is 0 Å². The molecule has 0 aliphatic rings. The molecule has 25 heavy (non-hydrogen) atoms. The Bertz CT molecular complexity index is 910. The van der Waals surface area contributed by atoms with E-state index >= 15 is 0 Å². The third kappa shape index (κ3) is 4.33. The highest BCUT2D eigenvalue weighted by atomic mass is 35.5. The number of halogens is 1. The van der Waals surface area contributed by atoms with E-state index in [1.54, 1.807) is 0 Å². The minimum atomic E-state index is -0.302. The van der Waals surface area contributed by atoms with Crippen molar-refractivity contribution in [1.29, 1.82) is 0 Å². The molecule has 1 heterocycles. The van der Waals surface area contributed by atoms with Crippen molar-refractivity contribution in [2.45, 2.75) is 13.8 Å². The van der Waals surface area contributed by atoms with Gasteiger partial charge in [0.1, 0.15) is 11.5 Å². The number of benzene rings is 2. The molecule has 5 nitrogen and oxygen atoms in total. The normalized spacial score (nSPS) is 10.4. The Morgan fingerprint density at radius 1 is 1.04 bits per heavy atom. The molecule has 1 aromatic heterocycles. The summed E-state index contributed by atoms with van der Waals surface area (Å²) in [6.07, 6.45) is 2.96. The molecule has 0 radical (unpaired) electrons. The maximum Gasteiger partial charge on any atom is 0.275 e. The molecule has 0 spiro atoms. The van der Waals surface area contributed by atoms with Crippen molar-refractivity contribution in [2.75, 3.05) is 10.6 Å². The minimum absolute atomic E-state index is 0.245. The molecule has 3 rings (SSSR count). The first-order valence-electron chi connectivity index (χ1n) is 7.74. The lowest BCUT2D eigenvalue weighted by Gasteiger charge is -2.09. The van der Waals surface area contributed by atoms with Crippen LogP contribution in [-0.2, 0) is 0 Å². The summed E-state index contributed by atoms with van der Waals surface area (Å²) in [6, 6.07) is 13.1. The van der Waals surface area contributed by atoms with E-state index in [2.05, 4.69) is 20.6 Å². The highest BCUT2D eigenvalue weighted by Crippen LogP contribution is 2.23. The maximum atomic E-state index is 12.2. The molecule has 0 atom stereocenters. The van der Waals surface area contributed by atoms with Crippen molar-refractivity contribution < 1.29 is 4.79 Å². The first-order valence-corrected chi connectivity index (χ1v) is 8.12. The Hall–Kier alpha value is -2.92. The van der Waals surface area contributed by atoms with Gasteiger partial charge in [-0.1, -0.05) is 29.8 Å². The first-order chi connectivity index (χ1) is 12.0. The SMILES string of the molecule is Cc1cccc(NC(=O)c2cnc(Nc3cc(Cl)ccc3C)cn2)c1. The summed E-state index contributed by atoms with van der Waals surface area (Å²) < 4.78 is 0. The summed E-state index contributed by atoms with van der Waals surface area (Å²) in [5.41, 5.74) is 3.92. The molecule has 0 fully saturated rings. The van der Waals surface area contributed by atoms with Crippen LogP contribution >= 0.6 is 11.6 Å². The monoisotopic (exact) mass is 352 g/mol. The van der Waals surface area contributed by atoms with E-state index in [4.69, 9.17) is 11.6 Å². The highest BCUT2D eigenvalue weighted by molar-refractivity contribution is 6.30. The topological polar surface area (TPSA) is 66.9 Å². The van der Waals surface area contributed by atoms with E-state index in [1.807, 2.05) is 56.3 Å². The molecular formula is C19H17ClN4O. The number of rotatable bonds is 4. The number of anilines is 3. The number of carbonyl (C=O) groups is 1. The van der Waals surface area contributed by atoms with Gasteiger partial charge in [-0.25, -0.2) is 9.97 Å². The lowest BCUT2D eigenvalue weighted by atomic mass is 10.2. The Kier molecular flexibility index (Phi) is 4.95. The number of carbonyl (C=O) groups excluding carboxylic acids is 1. The average Bonchev–Trinajstić information content (AvgIpc) is 2.59. The van der Waals surface area contributed by atoms with Crippen LogP contribution in [0, 0.1) is 13.8 Å². The van der Waals surface area contributed by atoms with Crippen molar-refractivity contribution in [3.63, 3.8) is 0 Å². The van der Waals surface area contributed by atoms with E-state index < -0.39 is 0 Å². The molecule has 0 aliphatic carbocycles. The van der Waals surface area contributed by atoms with Gasteiger partial charge in [0.15, 0.2) is 0 Å². The number of hydrogen-bond donors (Lipinski definition) is 2. The van der Waals surface area contributed by atoms with Gasteiger partial charge in [-0.05, 0) is 49.2 Å². The van der Waals surface area contributed by atoms with Gasteiger partial charge in [-0.3, -0.25) is 4.79 Å². The predicted molar refractivity (Wildman–Crippen MR) is 101 cm³/mol. The minimum Gasteiger partial charge on any atom is -0.339 e. The average molecular weight is 353 g/mol. The van der Waals surface area contributed by atoms with Crippen LogP contribution in [-0.4, -0.2) is 15.9 Å². The van der Waals surface area contributed by atoms with E-state index in [-0.39, 0.29) is 11.6 Å². The molecule has 126 valence electrons. The van der Waals surface area contributed by atoms with E-state index in [9.17, 15) is 4.79 Å². The highest BCUT2D eigenvalue weighted by Gasteiger charge is 2.09. The standard InChI is InChI=1S/C19H17ClN4O/c1-12-4-3-5-15(8-12)23-19(25)17-10-22-18(11-21-17)24-16-9-14(20)7-6-13(16)2/h3-11H,1-2H3,(H,22,24)(H,23,25). The summed E-state index contributed by atoms with van der Waals surface area (Å²) in [7, 11) is 0. The molecule has 6 heteroatoms. The molecule has 3 aromatic rings. The second kappa shape index (κ2) is 7.32. The summed E-state index contributed by atoms with van der Waals surface area (Å²) in [6.45, 7) is 3.93. The van der Waals surface area contributed by atoms with Gasteiger partial charge in [-0.15, -0.1) is 0 Å². The fourth-order valence-electron chi connectivity index (χ4n) is 2.29. The van der Waals surface area contributed by atoms with Gasteiger partial charge in [0.05, 0.1) is 12.4 Å². The lowest BCUT2D eigenvalue weighted by molar-refractivity contribution is 0.102. The van der Waals surface area contributed by atoms with Crippen LogP contribution in [0.5, 0.6) is 0 Å². The second-order valence-electron chi connectivity index (χ2n) is 5.69. The first kappa shape index (κ1) is 16.9. The zero-order chi connectivity index (χ0) is 17.8. The van der Waals surface area contributed by atoms with E-state index in [0.29, 0.717) is 10.8 Å². The largest absolute Gasteiger partial charge is 0.339 e. The molecule has 0 saturated carbocycles. The summed E-state index contributed by atoms with van der Waals surface area (Å²) in [5.74, 6) is 0.237. The number of aromatic nitrogens is 2. The van der Waals surface area contributed by atoms with Crippen LogP contribution in [0.25, 0.3) is 0 Å². The Labute approximate surface area is 151 Å². The zero-order valence-electron chi connectivity index (χ0n) is 13.9. The summed E-state index contributed by atoms with van der Waals surface area (Å²) in [5, 5.41) is 6.59. The summed E-state index contributed by atoms with van der Waals surface area (Å²) in [4.78, 5) is 20.7. The zero-order valence-corrected chi connectivity index (χ0v) is 14.6. The molecule has 0 unspecified atom stereocenters.